The maximum atomic E-state index is 5.37. The molecule has 4 nitrogen and oxygen atoms in total. The highest BCUT2D eigenvalue weighted by atomic mass is 32.1. The first-order valence-electron chi connectivity index (χ1n) is 20.8. The lowest BCUT2D eigenvalue weighted by atomic mass is 10.0. The number of nitrogens with zero attached hydrogens (tertiary/aromatic N) is 4. The van der Waals surface area contributed by atoms with Crippen molar-refractivity contribution in [3.8, 4) is 73.2 Å². The molecule has 5 heteroatoms. The Kier molecular flexibility index (Phi) is 8.65. The van der Waals surface area contributed by atoms with Gasteiger partial charge in [0.25, 0.3) is 0 Å². The Labute approximate surface area is 362 Å². The normalized spacial score (nSPS) is 11.5. The van der Waals surface area contributed by atoms with Crippen LogP contribution in [0.4, 0.5) is 0 Å². The molecule has 0 spiro atoms. The van der Waals surface area contributed by atoms with Crippen LogP contribution < -0.4 is 0 Å². The highest BCUT2D eigenvalue weighted by molar-refractivity contribution is 7.25. The van der Waals surface area contributed by atoms with Crippen LogP contribution in [-0.4, -0.2) is 19.5 Å². The third-order valence-electron chi connectivity index (χ3n) is 11.9. The second kappa shape index (κ2) is 14.9. The molecule has 0 fully saturated rings. The first kappa shape index (κ1) is 35.9. The molecule has 0 unspecified atom stereocenters. The first-order valence-corrected chi connectivity index (χ1v) is 21.7. The van der Waals surface area contributed by atoms with E-state index in [9.17, 15) is 0 Å². The van der Waals surface area contributed by atoms with E-state index in [0.29, 0.717) is 17.5 Å². The highest BCUT2D eigenvalue weighted by Crippen LogP contribution is 2.41. The van der Waals surface area contributed by atoms with Crippen molar-refractivity contribution in [1.29, 1.82) is 0 Å². The second-order valence-corrected chi connectivity index (χ2v) is 16.7. The van der Waals surface area contributed by atoms with Crippen LogP contribution in [0, 0.1) is 0 Å². The van der Waals surface area contributed by atoms with E-state index >= 15 is 0 Å². The van der Waals surface area contributed by atoms with Gasteiger partial charge in [-0.2, -0.15) is 0 Å². The van der Waals surface area contributed by atoms with Crippen LogP contribution in [0.25, 0.3) is 115 Å². The molecule has 3 aromatic heterocycles. The van der Waals surface area contributed by atoms with Crippen LogP contribution >= 0.6 is 11.3 Å². The lowest BCUT2D eigenvalue weighted by Gasteiger charge is -2.16. The summed E-state index contributed by atoms with van der Waals surface area (Å²) in [4.78, 5) is 15.8. The molecule has 0 N–H and O–H groups in total. The van der Waals surface area contributed by atoms with Crippen LogP contribution in [0.15, 0.2) is 218 Å². The Balaban J connectivity index is 1.07. The second-order valence-electron chi connectivity index (χ2n) is 15.6. The van der Waals surface area contributed by atoms with Crippen LogP contribution in [0.5, 0.6) is 0 Å². The van der Waals surface area contributed by atoms with E-state index in [-0.39, 0.29) is 0 Å². The van der Waals surface area contributed by atoms with Crippen molar-refractivity contribution in [2.75, 3.05) is 0 Å². The average molecular weight is 809 g/mol. The van der Waals surface area contributed by atoms with E-state index in [2.05, 4.69) is 205 Å². The minimum Gasteiger partial charge on any atom is -0.308 e. The summed E-state index contributed by atoms with van der Waals surface area (Å²) in [5, 5.41) is 4.95. The van der Waals surface area contributed by atoms with Crippen molar-refractivity contribution >= 4 is 53.3 Å². The molecule has 3 heterocycles. The van der Waals surface area contributed by atoms with Crippen molar-refractivity contribution in [2.24, 2.45) is 0 Å². The van der Waals surface area contributed by atoms with Gasteiger partial charge >= 0.3 is 0 Å². The number of benzene rings is 9. The summed E-state index contributed by atoms with van der Waals surface area (Å²) in [5.74, 6) is 1.84. The first-order chi connectivity index (χ1) is 30.7. The summed E-state index contributed by atoms with van der Waals surface area (Å²) in [6, 6.07) is 77.6. The van der Waals surface area contributed by atoms with Gasteiger partial charge in [-0.3, -0.25) is 0 Å². The Morgan fingerprint density at radius 1 is 0.290 bits per heavy atom. The standard InChI is InChI=1S/C57H36N4S/c1-4-15-37(16-5-1)41-29-32-51-49(34-41)45-23-10-12-25-50(45)61(51)52-35-42(38-17-6-2-7-18-38)28-31-48(52)57-59-55(39-19-8-3-9-20-39)58-56(60-57)44-22-14-21-40(33-44)43-27-30-47-46-24-11-13-26-53(46)62-54(47)36-43/h1-36H. The summed E-state index contributed by atoms with van der Waals surface area (Å²) < 4.78 is 4.96. The van der Waals surface area contributed by atoms with E-state index in [1.165, 1.54) is 42.1 Å². The lowest BCUT2D eigenvalue weighted by Crippen LogP contribution is -2.04. The van der Waals surface area contributed by atoms with E-state index in [4.69, 9.17) is 15.0 Å². The number of para-hydroxylation sites is 1. The smallest absolute Gasteiger partial charge is 0.166 e. The number of fused-ring (bicyclic) bond motifs is 6. The number of hydrogen-bond donors (Lipinski definition) is 0. The molecule has 12 aromatic rings. The monoisotopic (exact) mass is 808 g/mol. The van der Waals surface area contributed by atoms with E-state index in [0.717, 1.165) is 55.7 Å². The zero-order valence-corrected chi connectivity index (χ0v) is 34.3. The quantitative estimate of drug-likeness (QED) is 0.161. The molecule has 62 heavy (non-hydrogen) atoms. The Hall–Kier alpha value is -7.99. The molecular weight excluding hydrogens is 773 g/mol. The molecular formula is C57H36N4S. The largest absolute Gasteiger partial charge is 0.308 e. The molecule has 290 valence electrons. The molecule has 0 aliphatic heterocycles. The lowest BCUT2D eigenvalue weighted by molar-refractivity contribution is 1.06. The molecule has 0 aliphatic carbocycles. The predicted octanol–water partition coefficient (Wildman–Crippen LogP) is 15.3. The van der Waals surface area contributed by atoms with E-state index < -0.39 is 0 Å². The molecule has 0 radical (unpaired) electrons. The maximum Gasteiger partial charge on any atom is 0.166 e. The van der Waals surface area contributed by atoms with E-state index in [1.54, 1.807) is 0 Å². The van der Waals surface area contributed by atoms with Gasteiger partial charge in [0.1, 0.15) is 0 Å². The van der Waals surface area contributed by atoms with Gasteiger partial charge in [0.15, 0.2) is 17.5 Å². The van der Waals surface area contributed by atoms with Crippen molar-refractivity contribution < 1.29 is 0 Å². The van der Waals surface area contributed by atoms with Gasteiger partial charge in [-0.15, -0.1) is 11.3 Å². The molecule has 0 saturated heterocycles. The summed E-state index contributed by atoms with van der Waals surface area (Å²) in [6.07, 6.45) is 0. The fourth-order valence-corrected chi connectivity index (χ4v) is 9.99. The fraction of sp³-hybridized carbons (Fsp3) is 0. The third kappa shape index (κ3) is 6.26. The number of thiophene rings is 1. The SMILES string of the molecule is c1ccc(-c2ccc(-c3nc(-c4ccccc4)nc(-c4cccc(-c5ccc6c(c5)sc5ccccc56)c4)n3)c(-n3c4ccccc4c4cc(-c5ccccc5)ccc43)c2)cc1. The van der Waals surface area contributed by atoms with Gasteiger partial charge in [-0.1, -0.05) is 170 Å². The van der Waals surface area contributed by atoms with Crippen LogP contribution in [0.1, 0.15) is 0 Å². The van der Waals surface area contributed by atoms with Gasteiger partial charge in [0, 0.05) is 47.6 Å². The predicted molar refractivity (Wildman–Crippen MR) is 260 cm³/mol. The Morgan fingerprint density at radius 3 is 1.58 bits per heavy atom. The summed E-state index contributed by atoms with van der Waals surface area (Å²) in [7, 11) is 0. The van der Waals surface area contributed by atoms with Gasteiger partial charge < -0.3 is 4.57 Å². The van der Waals surface area contributed by atoms with Crippen LogP contribution in [0.3, 0.4) is 0 Å². The zero-order valence-electron chi connectivity index (χ0n) is 33.5. The number of hydrogen-bond acceptors (Lipinski definition) is 4. The molecule has 0 atom stereocenters. The van der Waals surface area contributed by atoms with Crippen molar-refractivity contribution in [3.63, 3.8) is 0 Å². The summed E-state index contributed by atoms with van der Waals surface area (Å²) in [5.41, 5.74) is 12.9. The van der Waals surface area contributed by atoms with Gasteiger partial charge in [0.05, 0.1) is 16.7 Å². The van der Waals surface area contributed by atoms with Crippen molar-refractivity contribution in [1.82, 2.24) is 19.5 Å². The van der Waals surface area contributed by atoms with Crippen molar-refractivity contribution in [3.05, 3.63) is 218 Å². The topological polar surface area (TPSA) is 43.6 Å². The van der Waals surface area contributed by atoms with Crippen LogP contribution in [-0.2, 0) is 0 Å². The Bertz CT molecular complexity index is 3630. The highest BCUT2D eigenvalue weighted by Gasteiger charge is 2.21. The van der Waals surface area contributed by atoms with Gasteiger partial charge in [-0.25, -0.2) is 15.0 Å². The zero-order chi connectivity index (χ0) is 41.0. The fourth-order valence-electron chi connectivity index (χ4n) is 8.84. The molecule has 0 aliphatic rings. The minimum absolute atomic E-state index is 0.604. The Morgan fingerprint density at radius 2 is 0.806 bits per heavy atom. The molecule has 12 rings (SSSR count). The van der Waals surface area contributed by atoms with Crippen LogP contribution in [0.2, 0.25) is 0 Å². The summed E-state index contributed by atoms with van der Waals surface area (Å²) in [6.45, 7) is 0. The molecule has 0 saturated carbocycles. The molecule has 0 amide bonds. The number of aromatic nitrogens is 4. The van der Waals surface area contributed by atoms with E-state index in [1.807, 2.05) is 29.5 Å². The van der Waals surface area contributed by atoms with Gasteiger partial charge in [-0.05, 0) is 81.9 Å². The summed E-state index contributed by atoms with van der Waals surface area (Å²) >= 11 is 1.84. The molecule has 9 aromatic carbocycles. The number of rotatable bonds is 7. The van der Waals surface area contributed by atoms with Crippen molar-refractivity contribution in [2.45, 2.75) is 0 Å². The average Bonchev–Trinajstić information content (AvgIpc) is 3.89. The maximum absolute atomic E-state index is 5.37. The minimum atomic E-state index is 0.604. The third-order valence-corrected chi connectivity index (χ3v) is 13.0. The molecule has 0 bridgehead atoms. The van der Waals surface area contributed by atoms with Gasteiger partial charge in [0.2, 0.25) is 0 Å².